The molecule has 2 rings (SSSR count). The standard InChI is InChI=1S/C9H8FNO3/c10-4-8-11-6-3-5(9(12)13)1-2-7(6)14-8/h1-3,8,11H,4H2,(H,12,13). The molecule has 0 fully saturated rings. The van der Waals surface area contributed by atoms with E-state index in [2.05, 4.69) is 5.32 Å². The molecule has 0 saturated carbocycles. The molecule has 1 unspecified atom stereocenters. The highest BCUT2D eigenvalue weighted by Gasteiger charge is 2.22. The highest BCUT2D eigenvalue weighted by molar-refractivity contribution is 5.89. The molecule has 0 aliphatic carbocycles. The number of carboxylic acid groups (broad SMARTS) is 1. The van der Waals surface area contributed by atoms with Gasteiger partial charge in [-0.1, -0.05) is 0 Å². The van der Waals surface area contributed by atoms with Crippen molar-refractivity contribution >= 4 is 11.7 Å². The first-order valence-corrected chi connectivity index (χ1v) is 4.07. The van der Waals surface area contributed by atoms with E-state index >= 15 is 0 Å². The van der Waals surface area contributed by atoms with Crippen molar-refractivity contribution in [2.45, 2.75) is 6.23 Å². The van der Waals surface area contributed by atoms with Crippen LogP contribution in [-0.4, -0.2) is 24.0 Å². The summed E-state index contributed by atoms with van der Waals surface area (Å²) in [4.78, 5) is 10.6. The topological polar surface area (TPSA) is 58.6 Å². The van der Waals surface area contributed by atoms with E-state index in [1.54, 1.807) is 0 Å². The second kappa shape index (κ2) is 3.17. The minimum atomic E-state index is -1.02. The fourth-order valence-electron chi connectivity index (χ4n) is 1.30. The first-order chi connectivity index (χ1) is 6.70. The Kier molecular flexibility index (Phi) is 1.99. The third-order valence-corrected chi connectivity index (χ3v) is 1.95. The number of anilines is 1. The monoisotopic (exact) mass is 197 g/mol. The van der Waals surface area contributed by atoms with Crippen LogP contribution >= 0.6 is 0 Å². The smallest absolute Gasteiger partial charge is 0.335 e. The first kappa shape index (κ1) is 8.80. The van der Waals surface area contributed by atoms with Gasteiger partial charge in [-0.15, -0.1) is 0 Å². The molecule has 1 aliphatic heterocycles. The highest BCUT2D eigenvalue weighted by atomic mass is 19.1. The van der Waals surface area contributed by atoms with Crippen molar-refractivity contribution in [2.75, 3.05) is 12.0 Å². The summed E-state index contributed by atoms with van der Waals surface area (Å²) >= 11 is 0. The fourth-order valence-corrected chi connectivity index (χ4v) is 1.30. The summed E-state index contributed by atoms with van der Waals surface area (Å²) in [5.41, 5.74) is 0.673. The van der Waals surface area contributed by atoms with Crippen LogP contribution in [0.4, 0.5) is 10.1 Å². The average molecular weight is 197 g/mol. The van der Waals surface area contributed by atoms with Crippen molar-refractivity contribution in [1.82, 2.24) is 0 Å². The van der Waals surface area contributed by atoms with Gasteiger partial charge in [0.15, 0.2) is 6.23 Å². The number of aromatic carboxylic acids is 1. The van der Waals surface area contributed by atoms with Gasteiger partial charge in [0, 0.05) is 0 Å². The van der Waals surface area contributed by atoms with Gasteiger partial charge in [-0.05, 0) is 18.2 Å². The lowest BCUT2D eigenvalue weighted by atomic mass is 10.2. The Balaban J connectivity index is 2.31. The van der Waals surface area contributed by atoms with E-state index in [0.717, 1.165) is 0 Å². The maximum atomic E-state index is 12.2. The van der Waals surface area contributed by atoms with Gasteiger partial charge in [0.2, 0.25) is 0 Å². The lowest BCUT2D eigenvalue weighted by Crippen LogP contribution is -2.21. The predicted molar refractivity (Wildman–Crippen MR) is 47.4 cm³/mol. The largest absolute Gasteiger partial charge is 0.478 e. The number of halogens is 1. The summed E-state index contributed by atoms with van der Waals surface area (Å²) in [6.45, 7) is -0.656. The summed E-state index contributed by atoms with van der Waals surface area (Å²) in [5.74, 6) is -0.532. The molecular formula is C9H8FNO3. The Morgan fingerprint density at radius 3 is 3.07 bits per heavy atom. The Bertz CT molecular complexity index is 380. The zero-order valence-corrected chi connectivity index (χ0v) is 7.16. The van der Waals surface area contributed by atoms with Gasteiger partial charge in [0.1, 0.15) is 12.4 Å². The lowest BCUT2D eigenvalue weighted by molar-refractivity contribution is 0.0697. The van der Waals surface area contributed by atoms with Crippen molar-refractivity contribution in [3.63, 3.8) is 0 Å². The van der Waals surface area contributed by atoms with Gasteiger partial charge < -0.3 is 15.2 Å². The maximum Gasteiger partial charge on any atom is 0.335 e. The molecule has 1 atom stereocenters. The number of benzene rings is 1. The van der Waals surface area contributed by atoms with E-state index in [1.165, 1.54) is 18.2 Å². The molecule has 1 aromatic carbocycles. The zero-order valence-electron chi connectivity index (χ0n) is 7.16. The summed E-state index contributed by atoms with van der Waals surface area (Å²) in [6, 6.07) is 4.36. The Labute approximate surface area is 79.3 Å². The molecule has 74 valence electrons. The molecule has 1 aromatic rings. The first-order valence-electron chi connectivity index (χ1n) is 4.07. The number of rotatable bonds is 2. The molecule has 0 amide bonds. The van der Waals surface area contributed by atoms with Crippen molar-refractivity contribution in [3.05, 3.63) is 23.8 Å². The van der Waals surface area contributed by atoms with Crippen LogP contribution in [0.15, 0.2) is 18.2 Å². The van der Waals surface area contributed by atoms with Crippen molar-refractivity contribution in [1.29, 1.82) is 0 Å². The van der Waals surface area contributed by atoms with Crippen molar-refractivity contribution in [2.24, 2.45) is 0 Å². The number of ether oxygens (including phenoxy) is 1. The maximum absolute atomic E-state index is 12.2. The summed E-state index contributed by atoms with van der Waals surface area (Å²) in [5, 5.41) is 11.4. The van der Waals surface area contributed by atoms with Gasteiger partial charge in [-0.2, -0.15) is 0 Å². The van der Waals surface area contributed by atoms with E-state index in [-0.39, 0.29) is 5.56 Å². The minimum Gasteiger partial charge on any atom is -0.478 e. The van der Waals surface area contributed by atoms with E-state index in [1.807, 2.05) is 0 Å². The molecule has 0 spiro atoms. The quantitative estimate of drug-likeness (QED) is 0.754. The number of hydrogen-bond donors (Lipinski definition) is 2. The van der Waals surface area contributed by atoms with E-state index in [9.17, 15) is 9.18 Å². The van der Waals surface area contributed by atoms with Crippen LogP contribution < -0.4 is 10.1 Å². The number of hydrogen-bond acceptors (Lipinski definition) is 3. The van der Waals surface area contributed by atoms with Gasteiger partial charge in [0.05, 0.1) is 11.3 Å². The Hall–Kier alpha value is -1.78. The molecule has 1 heterocycles. The summed E-state index contributed by atoms with van der Waals surface area (Å²) in [6.07, 6.45) is -0.700. The summed E-state index contributed by atoms with van der Waals surface area (Å²) < 4.78 is 17.3. The van der Waals surface area contributed by atoms with Crippen LogP contribution in [0.2, 0.25) is 0 Å². The van der Waals surface area contributed by atoms with E-state index in [4.69, 9.17) is 9.84 Å². The van der Waals surface area contributed by atoms with Gasteiger partial charge in [-0.25, -0.2) is 9.18 Å². The molecule has 5 heteroatoms. The Morgan fingerprint density at radius 1 is 1.64 bits per heavy atom. The number of carbonyl (C=O) groups is 1. The molecule has 14 heavy (non-hydrogen) atoms. The molecule has 0 bridgehead atoms. The van der Waals surface area contributed by atoms with Gasteiger partial charge in [-0.3, -0.25) is 0 Å². The van der Waals surface area contributed by atoms with Crippen LogP contribution in [0, 0.1) is 0 Å². The molecule has 4 nitrogen and oxygen atoms in total. The Morgan fingerprint density at radius 2 is 2.43 bits per heavy atom. The SMILES string of the molecule is O=C(O)c1ccc2c(c1)NC(CF)O2. The van der Waals surface area contributed by atoms with Crippen LogP contribution in [0.5, 0.6) is 5.75 Å². The second-order valence-corrected chi connectivity index (χ2v) is 2.92. The zero-order chi connectivity index (χ0) is 10.1. The lowest BCUT2D eigenvalue weighted by Gasteiger charge is -2.03. The van der Waals surface area contributed by atoms with Crippen molar-refractivity contribution in [3.8, 4) is 5.75 Å². The van der Waals surface area contributed by atoms with Crippen LogP contribution in [0.25, 0.3) is 0 Å². The molecule has 0 saturated heterocycles. The van der Waals surface area contributed by atoms with E-state index < -0.39 is 18.9 Å². The molecule has 0 radical (unpaired) electrons. The van der Waals surface area contributed by atoms with Gasteiger partial charge >= 0.3 is 5.97 Å². The third kappa shape index (κ3) is 1.37. The predicted octanol–water partition coefficient (Wildman–Crippen LogP) is 1.48. The number of fused-ring (bicyclic) bond motifs is 1. The molecule has 1 aliphatic rings. The van der Waals surface area contributed by atoms with Crippen LogP contribution in [0.1, 0.15) is 10.4 Å². The third-order valence-electron chi connectivity index (χ3n) is 1.95. The second-order valence-electron chi connectivity index (χ2n) is 2.92. The highest BCUT2D eigenvalue weighted by Crippen LogP contribution is 2.32. The van der Waals surface area contributed by atoms with Gasteiger partial charge in [0.25, 0.3) is 0 Å². The average Bonchev–Trinajstić information content (AvgIpc) is 2.58. The molecular weight excluding hydrogens is 189 g/mol. The van der Waals surface area contributed by atoms with Crippen molar-refractivity contribution < 1.29 is 19.0 Å². The normalized spacial score (nSPS) is 18.2. The molecule has 0 aromatic heterocycles. The number of alkyl halides is 1. The minimum absolute atomic E-state index is 0.152. The van der Waals surface area contributed by atoms with Crippen LogP contribution in [-0.2, 0) is 0 Å². The fraction of sp³-hybridized carbons (Fsp3) is 0.222. The molecule has 2 N–H and O–H groups in total. The summed E-state index contributed by atoms with van der Waals surface area (Å²) in [7, 11) is 0. The van der Waals surface area contributed by atoms with Crippen LogP contribution in [0.3, 0.4) is 0 Å². The number of carboxylic acids is 1. The number of nitrogens with one attached hydrogen (secondary N) is 1. The van der Waals surface area contributed by atoms with E-state index in [0.29, 0.717) is 11.4 Å².